The molecule has 9 heteroatoms. The number of methoxy groups -OCH3 is 1. The fraction of sp³-hybridized carbons (Fsp3) is 0.240. The van der Waals surface area contributed by atoms with Crippen LogP contribution in [0.4, 0.5) is 24.5 Å². The molecule has 2 aromatic carbocycles. The molecule has 0 bridgehead atoms. The molecule has 1 unspecified atom stereocenters. The van der Waals surface area contributed by atoms with Gasteiger partial charge in [0.15, 0.2) is 0 Å². The number of amides is 2. The molecule has 0 spiro atoms. The van der Waals surface area contributed by atoms with Crippen molar-refractivity contribution in [1.82, 2.24) is 4.98 Å². The highest BCUT2D eigenvalue weighted by Crippen LogP contribution is 2.45. The van der Waals surface area contributed by atoms with Gasteiger partial charge in [-0.3, -0.25) is 9.59 Å². The first-order valence-electron chi connectivity index (χ1n) is 10.5. The molecule has 0 aliphatic carbocycles. The number of nitrogens with zero attached hydrogens (tertiary/aromatic N) is 2. The minimum Gasteiger partial charge on any atom is -0.480 e. The van der Waals surface area contributed by atoms with Crippen molar-refractivity contribution in [2.24, 2.45) is 0 Å². The van der Waals surface area contributed by atoms with E-state index in [0.717, 1.165) is 23.3 Å². The van der Waals surface area contributed by atoms with E-state index in [4.69, 9.17) is 4.74 Å². The summed E-state index contributed by atoms with van der Waals surface area (Å²) in [6.07, 6.45) is -4.47. The van der Waals surface area contributed by atoms with E-state index in [-0.39, 0.29) is 18.1 Å². The zero-order valence-electron chi connectivity index (χ0n) is 18.7. The zero-order chi connectivity index (χ0) is 24.6. The van der Waals surface area contributed by atoms with Gasteiger partial charge in [-0.05, 0) is 55.3 Å². The van der Waals surface area contributed by atoms with Crippen LogP contribution in [-0.4, -0.2) is 30.5 Å². The Morgan fingerprint density at radius 1 is 1.15 bits per heavy atom. The number of ether oxygens (including phenoxy) is 1. The van der Waals surface area contributed by atoms with Crippen molar-refractivity contribution in [3.8, 4) is 17.0 Å². The molecule has 4 rings (SSSR count). The lowest BCUT2D eigenvalue weighted by Crippen LogP contribution is -2.40. The van der Waals surface area contributed by atoms with Crippen molar-refractivity contribution in [3.63, 3.8) is 0 Å². The van der Waals surface area contributed by atoms with E-state index >= 15 is 0 Å². The van der Waals surface area contributed by atoms with Gasteiger partial charge >= 0.3 is 6.18 Å². The summed E-state index contributed by atoms with van der Waals surface area (Å²) >= 11 is 0. The van der Waals surface area contributed by atoms with Crippen molar-refractivity contribution in [2.75, 3.05) is 23.9 Å². The van der Waals surface area contributed by atoms with Gasteiger partial charge in [0, 0.05) is 11.4 Å². The van der Waals surface area contributed by atoms with Gasteiger partial charge in [0.05, 0.1) is 29.8 Å². The summed E-state index contributed by atoms with van der Waals surface area (Å²) in [5.41, 5.74) is 2.63. The number of benzene rings is 2. The van der Waals surface area contributed by atoms with E-state index < -0.39 is 23.6 Å². The first-order chi connectivity index (χ1) is 16.1. The number of anilines is 2. The Kier molecular flexibility index (Phi) is 6.03. The van der Waals surface area contributed by atoms with Gasteiger partial charge in [0.25, 0.3) is 0 Å². The quantitative estimate of drug-likeness (QED) is 0.572. The average Bonchev–Trinajstić information content (AvgIpc) is 2.88. The number of aryl methyl sites for hydroxylation is 1. The third-order valence-electron chi connectivity index (χ3n) is 5.71. The first-order valence-corrected chi connectivity index (χ1v) is 10.5. The van der Waals surface area contributed by atoms with Crippen molar-refractivity contribution in [1.29, 1.82) is 0 Å². The molecule has 0 saturated carbocycles. The molecular weight excluding hydrogens is 447 g/mol. The topological polar surface area (TPSA) is 71.5 Å². The van der Waals surface area contributed by atoms with Crippen LogP contribution in [0.2, 0.25) is 0 Å². The van der Waals surface area contributed by atoms with Crippen LogP contribution in [0.3, 0.4) is 0 Å². The largest absolute Gasteiger partial charge is 0.480 e. The summed E-state index contributed by atoms with van der Waals surface area (Å²) in [5.74, 6) is -1.06. The first kappa shape index (κ1) is 23.3. The van der Waals surface area contributed by atoms with Crippen molar-refractivity contribution < 1.29 is 27.5 Å². The maximum absolute atomic E-state index is 13.5. The summed E-state index contributed by atoms with van der Waals surface area (Å²) in [6.45, 7) is 3.19. The molecule has 2 heterocycles. The van der Waals surface area contributed by atoms with Crippen molar-refractivity contribution in [2.45, 2.75) is 25.9 Å². The normalized spacial score (nSPS) is 15.3. The number of fused-ring (bicyclic) bond motifs is 3. The summed E-state index contributed by atoms with van der Waals surface area (Å²) in [7, 11) is 1.49. The molecule has 1 aromatic heterocycles. The predicted molar refractivity (Wildman–Crippen MR) is 122 cm³/mol. The maximum atomic E-state index is 13.5. The molecule has 0 fully saturated rings. The Hall–Kier alpha value is -3.88. The Balaban J connectivity index is 1.70. The average molecular weight is 469 g/mol. The molecule has 176 valence electrons. The highest BCUT2D eigenvalue weighted by atomic mass is 19.4. The molecule has 0 saturated heterocycles. The molecule has 0 radical (unpaired) electrons. The lowest BCUT2D eigenvalue weighted by Gasteiger charge is -2.25. The standard InChI is InChI=1S/C25H22F3N3O3/c1-14-12-20-22(23(29-14)34-3)19-7-5-4-6-18(19)15(2)24(33)31(20)13-21(32)30-17-10-8-16(9-11-17)25(26,27)28/h4-12,15H,13H2,1-3H3,(H,30,32). The van der Waals surface area contributed by atoms with Gasteiger partial charge < -0.3 is 15.0 Å². The summed E-state index contributed by atoms with van der Waals surface area (Å²) < 4.78 is 44.0. The third-order valence-corrected chi connectivity index (χ3v) is 5.71. The number of carbonyl (C=O) groups excluding carboxylic acids is 2. The van der Waals surface area contributed by atoms with Crippen molar-refractivity contribution in [3.05, 3.63) is 71.4 Å². The van der Waals surface area contributed by atoms with E-state index in [1.807, 2.05) is 24.3 Å². The second kappa shape index (κ2) is 8.81. The Morgan fingerprint density at radius 3 is 2.47 bits per heavy atom. The highest BCUT2D eigenvalue weighted by molar-refractivity contribution is 6.10. The van der Waals surface area contributed by atoms with Gasteiger partial charge in [-0.15, -0.1) is 0 Å². The molecule has 34 heavy (non-hydrogen) atoms. The van der Waals surface area contributed by atoms with Crippen LogP contribution in [0.5, 0.6) is 5.88 Å². The second-order valence-corrected chi connectivity index (χ2v) is 8.02. The SMILES string of the molecule is COc1nc(C)cc2c1-c1ccccc1C(C)C(=O)N2CC(=O)Nc1ccc(C(F)(F)F)cc1. The molecule has 1 atom stereocenters. The Bertz CT molecular complexity index is 1260. The number of carbonyl (C=O) groups is 2. The number of aromatic nitrogens is 1. The molecule has 1 aliphatic rings. The lowest BCUT2D eigenvalue weighted by atomic mass is 9.92. The van der Waals surface area contributed by atoms with Crippen LogP contribution in [0.1, 0.15) is 29.7 Å². The minimum absolute atomic E-state index is 0.195. The second-order valence-electron chi connectivity index (χ2n) is 8.02. The van der Waals surface area contributed by atoms with E-state index in [0.29, 0.717) is 22.8 Å². The molecular formula is C25H22F3N3O3. The summed E-state index contributed by atoms with van der Waals surface area (Å²) in [5, 5.41) is 2.57. The molecule has 1 N–H and O–H groups in total. The van der Waals surface area contributed by atoms with Crippen LogP contribution in [0.15, 0.2) is 54.6 Å². The van der Waals surface area contributed by atoms with Crippen molar-refractivity contribution >= 4 is 23.2 Å². The van der Waals surface area contributed by atoms with Crippen LogP contribution in [0, 0.1) is 6.92 Å². The van der Waals surface area contributed by atoms with Crippen LogP contribution < -0.4 is 15.0 Å². The number of hydrogen-bond acceptors (Lipinski definition) is 4. The Morgan fingerprint density at radius 2 is 1.82 bits per heavy atom. The maximum Gasteiger partial charge on any atom is 0.416 e. The number of alkyl halides is 3. The lowest BCUT2D eigenvalue weighted by molar-refractivity contribution is -0.137. The van der Waals surface area contributed by atoms with E-state index in [2.05, 4.69) is 10.3 Å². The zero-order valence-corrected chi connectivity index (χ0v) is 18.7. The smallest absolute Gasteiger partial charge is 0.416 e. The predicted octanol–water partition coefficient (Wildman–Crippen LogP) is 5.17. The minimum atomic E-state index is -4.47. The summed E-state index contributed by atoms with van der Waals surface area (Å²) in [6, 6.07) is 13.3. The monoisotopic (exact) mass is 469 g/mol. The Labute approximate surface area is 194 Å². The van der Waals surface area contributed by atoms with Gasteiger partial charge in [-0.25, -0.2) is 4.98 Å². The van der Waals surface area contributed by atoms with Crippen LogP contribution >= 0.6 is 0 Å². The van der Waals surface area contributed by atoms with Crippen LogP contribution in [-0.2, 0) is 15.8 Å². The number of rotatable bonds is 4. The van der Waals surface area contributed by atoms with Gasteiger partial charge in [0.2, 0.25) is 17.7 Å². The molecule has 2 amide bonds. The van der Waals surface area contributed by atoms with Gasteiger partial charge in [-0.2, -0.15) is 13.2 Å². The van der Waals surface area contributed by atoms with E-state index in [1.165, 1.54) is 24.1 Å². The number of pyridine rings is 1. The number of nitrogens with one attached hydrogen (secondary N) is 1. The van der Waals surface area contributed by atoms with Gasteiger partial charge in [-0.1, -0.05) is 24.3 Å². The fourth-order valence-electron chi connectivity index (χ4n) is 4.08. The highest BCUT2D eigenvalue weighted by Gasteiger charge is 2.35. The van der Waals surface area contributed by atoms with E-state index in [9.17, 15) is 22.8 Å². The van der Waals surface area contributed by atoms with Crippen LogP contribution in [0.25, 0.3) is 11.1 Å². The molecule has 1 aliphatic heterocycles. The number of hydrogen-bond donors (Lipinski definition) is 1. The molecule has 6 nitrogen and oxygen atoms in total. The fourth-order valence-corrected chi connectivity index (χ4v) is 4.08. The van der Waals surface area contributed by atoms with Gasteiger partial charge in [0.1, 0.15) is 6.54 Å². The third kappa shape index (κ3) is 4.33. The van der Waals surface area contributed by atoms with E-state index in [1.54, 1.807) is 19.9 Å². The number of halogens is 3. The molecule has 3 aromatic rings. The summed E-state index contributed by atoms with van der Waals surface area (Å²) in [4.78, 5) is 32.2.